The Kier molecular flexibility index (Phi) is 1.55. The molecule has 4 unspecified atom stereocenters. The summed E-state index contributed by atoms with van der Waals surface area (Å²) in [5.74, 6) is 3.23. The number of ketones is 1. The maximum Gasteiger partial charge on any atom is 0.136 e. The number of carbonyl (C=O) groups excluding carboxylic acids is 1. The van der Waals surface area contributed by atoms with Crippen molar-refractivity contribution in [1.29, 1.82) is 0 Å². The van der Waals surface area contributed by atoms with Crippen LogP contribution in [0, 0.1) is 23.7 Å². The highest BCUT2D eigenvalue weighted by molar-refractivity contribution is 5.84. The van der Waals surface area contributed by atoms with E-state index in [0.29, 0.717) is 17.6 Å². The molecule has 0 aromatic rings. The summed E-state index contributed by atoms with van der Waals surface area (Å²) >= 11 is 0. The van der Waals surface area contributed by atoms with Crippen molar-refractivity contribution in [1.82, 2.24) is 0 Å². The molecule has 0 aromatic heterocycles. The third-order valence-electron chi connectivity index (χ3n) is 3.52. The molecule has 2 saturated carbocycles. The van der Waals surface area contributed by atoms with Gasteiger partial charge in [0.25, 0.3) is 0 Å². The van der Waals surface area contributed by atoms with Crippen molar-refractivity contribution < 1.29 is 4.79 Å². The molecule has 11 heavy (non-hydrogen) atoms. The van der Waals surface area contributed by atoms with Gasteiger partial charge in [0.05, 0.1) is 0 Å². The van der Waals surface area contributed by atoms with Crippen LogP contribution in [0.5, 0.6) is 0 Å². The Balaban J connectivity index is 2.16. The standard InChI is InChI=1S/C10H16O/c1-6-3-8-7(2)5-10(11)9(8)4-6/h6-9H,3-5H2,1-2H3. The molecule has 0 spiro atoms. The predicted octanol–water partition coefficient (Wildman–Crippen LogP) is 2.26. The van der Waals surface area contributed by atoms with E-state index in [9.17, 15) is 4.79 Å². The molecular weight excluding hydrogens is 136 g/mol. The molecule has 0 aliphatic heterocycles. The van der Waals surface area contributed by atoms with Crippen LogP contribution in [-0.2, 0) is 4.79 Å². The van der Waals surface area contributed by atoms with Gasteiger partial charge in [-0.15, -0.1) is 0 Å². The SMILES string of the molecule is CC1CC2C(=O)CC(C)C2C1. The molecule has 1 nitrogen and oxygen atoms in total. The van der Waals surface area contributed by atoms with E-state index in [1.54, 1.807) is 0 Å². The van der Waals surface area contributed by atoms with Crippen molar-refractivity contribution in [2.45, 2.75) is 33.1 Å². The molecule has 0 amide bonds. The lowest BCUT2D eigenvalue weighted by molar-refractivity contribution is -0.121. The molecule has 0 radical (unpaired) electrons. The molecule has 62 valence electrons. The number of Topliss-reactive ketones (excluding diaryl/α,β-unsaturated/α-hetero) is 1. The van der Waals surface area contributed by atoms with E-state index in [-0.39, 0.29) is 0 Å². The lowest BCUT2D eigenvalue weighted by atomic mass is 9.93. The summed E-state index contributed by atoms with van der Waals surface area (Å²) in [4.78, 5) is 11.4. The fraction of sp³-hybridized carbons (Fsp3) is 0.900. The first-order chi connectivity index (χ1) is 5.18. The zero-order chi connectivity index (χ0) is 8.01. The minimum Gasteiger partial charge on any atom is -0.299 e. The van der Waals surface area contributed by atoms with Gasteiger partial charge in [-0.2, -0.15) is 0 Å². The molecule has 0 heterocycles. The Hall–Kier alpha value is -0.330. The normalized spacial score (nSPS) is 49.8. The van der Waals surface area contributed by atoms with Gasteiger partial charge < -0.3 is 0 Å². The van der Waals surface area contributed by atoms with Crippen molar-refractivity contribution in [3.05, 3.63) is 0 Å². The average Bonchev–Trinajstić information content (AvgIpc) is 2.38. The van der Waals surface area contributed by atoms with E-state index >= 15 is 0 Å². The second kappa shape index (κ2) is 2.33. The van der Waals surface area contributed by atoms with E-state index in [1.165, 1.54) is 12.8 Å². The Morgan fingerprint density at radius 3 is 2.64 bits per heavy atom. The van der Waals surface area contributed by atoms with Crippen molar-refractivity contribution in [2.75, 3.05) is 0 Å². The summed E-state index contributed by atoms with van der Waals surface area (Å²) in [5, 5.41) is 0. The Bertz CT molecular complexity index is 185. The molecule has 1 heteroatoms. The molecule has 2 aliphatic rings. The van der Waals surface area contributed by atoms with Crippen LogP contribution in [0.4, 0.5) is 0 Å². The third kappa shape index (κ3) is 1.02. The van der Waals surface area contributed by atoms with Gasteiger partial charge in [-0.25, -0.2) is 0 Å². The fourth-order valence-electron chi connectivity index (χ4n) is 2.95. The lowest BCUT2D eigenvalue weighted by Crippen LogP contribution is -2.08. The lowest BCUT2D eigenvalue weighted by Gasteiger charge is -2.11. The monoisotopic (exact) mass is 152 g/mol. The van der Waals surface area contributed by atoms with E-state index < -0.39 is 0 Å². The molecule has 2 fully saturated rings. The zero-order valence-electron chi connectivity index (χ0n) is 7.34. The predicted molar refractivity (Wildman–Crippen MR) is 44.2 cm³/mol. The fourth-order valence-corrected chi connectivity index (χ4v) is 2.95. The van der Waals surface area contributed by atoms with Gasteiger partial charge in [-0.05, 0) is 30.6 Å². The number of rotatable bonds is 0. The van der Waals surface area contributed by atoms with E-state index in [0.717, 1.165) is 18.3 Å². The maximum absolute atomic E-state index is 11.4. The van der Waals surface area contributed by atoms with E-state index in [1.807, 2.05) is 0 Å². The van der Waals surface area contributed by atoms with Gasteiger partial charge in [0.1, 0.15) is 5.78 Å². The minimum absolute atomic E-state index is 0.458. The summed E-state index contributed by atoms with van der Waals surface area (Å²) in [5.41, 5.74) is 0. The summed E-state index contributed by atoms with van der Waals surface area (Å²) in [6.07, 6.45) is 3.34. The third-order valence-corrected chi connectivity index (χ3v) is 3.52. The number of carbonyl (C=O) groups is 1. The van der Waals surface area contributed by atoms with Crippen molar-refractivity contribution >= 4 is 5.78 Å². The highest BCUT2D eigenvalue weighted by Crippen LogP contribution is 2.47. The molecule has 2 rings (SSSR count). The van der Waals surface area contributed by atoms with Crippen molar-refractivity contribution in [2.24, 2.45) is 23.7 Å². The van der Waals surface area contributed by atoms with Gasteiger partial charge in [0.2, 0.25) is 0 Å². The number of hydrogen-bond acceptors (Lipinski definition) is 1. The molecule has 0 bridgehead atoms. The summed E-state index contributed by atoms with van der Waals surface area (Å²) in [7, 11) is 0. The van der Waals surface area contributed by atoms with Crippen molar-refractivity contribution in [3.8, 4) is 0 Å². The van der Waals surface area contributed by atoms with Crippen LogP contribution in [-0.4, -0.2) is 5.78 Å². The van der Waals surface area contributed by atoms with Crippen LogP contribution >= 0.6 is 0 Å². The molecule has 0 aromatic carbocycles. The Morgan fingerprint density at radius 2 is 2.00 bits per heavy atom. The maximum atomic E-state index is 11.4. The number of hydrogen-bond donors (Lipinski definition) is 0. The largest absolute Gasteiger partial charge is 0.299 e. The summed E-state index contributed by atoms with van der Waals surface area (Å²) < 4.78 is 0. The van der Waals surface area contributed by atoms with Crippen molar-refractivity contribution in [3.63, 3.8) is 0 Å². The van der Waals surface area contributed by atoms with Crippen LogP contribution < -0.4 is 0 Å². The quantitative estimate of drug-likeness (QED) is 0.520. The molecular formula is C10H16O. The first kappa shape index (κ1) is 7.33. The van der Waals surface area contributed by atoms with Gasteiger partial charge in [-0.3, -0.25) is 4.79 Å². The van der Waals surface area contributed by atoms with E-state index in [2.05, 4.69) is 13.8 Å². The highest BCUT2D eigenvalue weighted by Gasteiger charge is 2.44. The first-order valence-electron chi connectivity index (χ1n) is 4.71. The molecule has 0 saturated heterocycles. The van der Waals surface area contributed by atoms with Gasteiger partial charge >= 0.3 is 0 Å². The minimum atomic E-state index is 0.458. The smallest absolute Gasteiger partial charge is 0.136 e. The van der Waals surface area contributed by atoms with Crippen LogP contribution in [0.1, 0.15) is 33.1 Å². The second-order valence-corrected chi connectivity index (χ2v) is 4.49. The van der Waals surface area contributed by atoms with Gasteiger partial charge in [0, 0.05) is 12.3 Å². The highest BCUT2D eigenvalue weighted by atomic mass is 16.1. The summed E-state index contributed by atoms with van der Waals surface area (Å²) in [6.45, 7) is 4.51. The van der Waals surface area contributed by atoms with Crippen LogP contribution in [0.15, 0.2) is 0 Å². The average molecular weight is 152 g/mol. The van der Waals surface area contributed by atoms with Crippen LogP contribution in [0.2, 0.25) is 0 Å². The van der Waals surface area contributed by atoms with Crippen LogP contribution in [0.3, 0.4) is 0 Å². The van der Waals surface area contributed by atoms with Gasteiger partial charge in [-0.1, -0.05) is 13.8 Å². The summed E-state index contributed by atoms with van der Waals surface area (Å²) in [6, 6.07) is 0. The van der Waals surface area contributed by atoms with E-state index in [4.69, 9.17) is 0 Å². The Morgan fingerprint density at radius 1 is 1.27 bits per heavy atom. The number of fused-ring (bicyclic) bond motifs is 1. The molecule has 2 aliphatic carbocycles. The Labute approximate surface area is 68.2 Å². The topological polar surface area (TPSA) is 17.1 Å². The molecule has 4 atom stereocenters. The zero-order valence-corrected chi connectivity index (χ0v) is 7.34. The first-order valence-corrected chi connectivity index (χ1v) is 4.71. The van der Waals surface area contributed by atoms with Gasteiger partial charge in [0.15, 0.2) is 0 Å². The second-order valence-electron chi connectivity index (χ2n) is 4.49. The van der Waals surface area contributed by atoms with Crippen LogP contribution in [0.25, 0.3) is 0 Å². The molecule has 0 N–H and O–H groups in total.